The van der Waals surface area contributed by atoms with Gasteiger partial charge in [0.1, 0.15) is 22.6 Å². The third-order valence-corrected chi connectivity index (χ3v) is 5.18. The molecule has 0 fully saturated rings. The molecule has 2 heterocycles. The minimum atomic E-state index is -0.525. The fourth-order valence-corrected chi connectivity index (χ4v) is 3.85. The SMILES string of the molecule is CCOc1cccc2sc(NC(=O)c3c[nH]c4c(OC)cccc4c3=O)nc12. The van der Waals surface area contributed by atoms with Crippen molar-refractivity contribution in [2.75, 3.05) is 19.0 Å². The van der Waals surface area contributed by atoms with Gasteiger partial charge in [0.2, 0.25) is 5.43 Å². The highest BCUT2D eigenvalue weighted by atomic mass is 32.1. The molecule has 0 aliphatic heterocycles. The lowest BCUT2D eigenvalue weighted by molar-refractivity contribution is 0.102. The van der Waals surface area contributed by atoms with E-state index >= 15 is 0 Å². The molecule has 0 atom stereocenters. The summed E-state index contributed by atoms with van der Waals surface area (Å²) in [6.45, 7) is 2.42. The van der Waals surface area contributed by atoms with Gasteiger partial charge in [-0.05, 0) is 31.2 Å². The maximum absolute atomic E-state index is 12.8. The van der Waals surface area contributed by atoms with E-state index in [1.165, 1.54) is 24.6 Å². The summed E-state index contributed by atoms with van der Waals surface area (Å²) >= 11 is 1.32. The largest absolute Gasteiger partial charge is 0.495 e. The zero-order chi connectivity index (χ0) is 19.7. The van der Waals surface area contributed by atoms with E-state index in [0.29, 0.717) is 39.7 Å². The molecular formula is C20H17N3O4S. The Labute approximate surface area is 163 Å². The smallest absolute Gasteiger partial charge is 0.262 e. The Morgan fingerprint density at radius 2 is 2.00 bits per heavy atom. The second-order valence-corrected chi connectivity index (χ2v) is 6.95. The summed E-state index contributed by atoms with van der Waals surface area (Å²) in [5, 5.41) is 3.50. The van der Waals surface area contributed by atoms with Gasteiger partial charge >= 0.3 is 0 Å². The Hall–Kier alpha value is -3.39. The highest BCUT2D eigenvalue weighted by Crippen LogP contribution is 2.32. The van der Waals surface area contributed by atoms with Crippen LogP contribution in [-0.2, 0) is 0 Å². The Morgan fingerprint density at radius 1 is 1.21 bits per heavy atom. The van der Waals surface area contributed by atoms with Gasteiger partial charge in [-0.1, -0.05) is 23.5 Å². The average molecular weight is 395 g/mol. The standard InChI is InChI=1S/C20H17N3O4S/c1-3-27-14-8-5-9-15-17(14)22-20(28-15)23-19(25)12-10-21-16-11(18(12)24)6-4-7-13(16)26-2/h4-10H,3H2,1-2H3,(H,21,24)(H,22,23,25). The monoisotopic (exact) mass is 395 g/mol. The van der Waals surface area contributed by atoms with Crippen LogP contribution in [-0.4, -0.2) is 29.6 Å². The number of carbonyl (C=O) groups excluding carboxylic acids is 1. The number of H-pyrrole nitrogens is 1. The van der Waals surface area contributed by atoms with E-state index in [2.05, 4.69) is 15.3 Å². The Morgan fingerprint density at radius 3 is 2.79 bits per heavy atom. The summed E-state index contributed by atoms with van der Waals surface area (Å²) in [5.74, 6) is 0.673. The quantitative estimate of drug-likeness (QED) is 0.536. The number of nitrogens with zero attached hydrogens (tertiary/aromatic N) is 1. The van der Waals surface area contributed by atoms with Crippen molar-refractivity contribution < 1.29 is 14.3 Å². The van der Waals surface area contributed by atoms with Gasteiger partial charge in [-0.25, -0.2) is 4.98 Å². The first-order chi connectivity index (χ1) is 13.6. The molecule has 2 aromatic heterocycles. The maximum atomic E-state index is 12.8. The number of pyridine rings is 1. The van der Waals surface area contributed by atoms with Crippen LogP contribution in [0.1, 0.15) is 17.3 Å². The van der Waals surface area contributed by atoms with Gasteiger partial charge < -0.3 is 14.5 Å². The van der Waals surface area contributed by atoms with Crippen molar-refractivity contribution in [2.45, 2.75) is 6.92 Å². The zero-order valence-electron chi connectivity index (χ0n) is 15.2. The zero-order valence-corrected chi connectivity index (χ0v) is 16.1. The number of benzene rings is 2. The Balaban J connectivity index is 1.69. The van der Waals surface area contributed by atoms with Gasteiger partial charge in [-0.3, -0.25) is 14.9 Å². The third kappa shape index (κ3) is 3.07. The highest BCUT2D eigenvalue weighted by Gasteiger charge is 2.17. The molecule has 2 N–H and O–H groups in total. The topological polar surface area (TPSA) is 93.3 Å². The van der Waals surface area contributed by atoms with Crippen molar-refractivity contribution in [2.24, 2.45) is 0 Å². The van der Waals surface area contributed by atoms with Gasteiger partial charge in [-0.2, -0.15) is 0 Å². The number of hydrogen-bond donors (Lipinski definition) is 2. The van der Waals surface area contributed by atoms with Crippen molar-refractivity contribution in [1.82, 2.24) is 9.97 Å². The lowest BCUT2D eigenvalue weighted by atomic mass is 10.1. The molecule has 2 aromatic carbocycles. The van der Waals surface area contributed by atoms with Crippen molar-refractivity contribution >= 4 is 43.5 Å². The Bertz CT molecular complexity index is 1250. The molecule has 1 amide bonds. The van der Waals surface area contributed by atoms with Crippen LogP contribution in [0.25, 0.3) is 21.1 Å². The molecule has 0 saturated carbocycles. The predicted molar refractivity (Wildman–Crippen MR) is 110 cm³/mol. The number of hydrogen-bond acceptors (Lipinski definition) is 6. The number of rotatable bonds is 5. The van der Waals surface area contributed by atoms with Crippen LogP contribution in [0.4, 0.5) is 5.13 Å². The van der Waals surface area contributed by atoms with Crippen LogP contribution in [0.15, 0.2) is 47.4 Å². The molecule has 0 aliphatic rings. The molecule has 0 saturated heterocycles. The lowest BCUT2D eigenvalue weighted by Gasteiger charge is -2.07. The third-order valence-electron chi connectivity index (χ3n) is 4.24. The summed E-state index contributed by atoms with van der Waals surface area (Å²) < 4.78 is 11.7. The summed E-state index contributed by atoms with van der Waals surface area (Å²) in [4.78, 5) is 32.9. The van der Waals surface area contributed by atoms with Gasteiger partial charge in [0.15, 0.2) is 5.13 Å². The first-order valence-electron chi connectivity index (χ1n) is 8.64. The first kappa shape index (κ1) is 18.0. The van der Waals surface area contributed by atoms with Crippen molar-refractivity contribution in [1.29, 1.82) is 0 Å². The number of aromatic amines is 1. The van der Waals surface area contributed by atoms with Crippen molar-refractivity contribution in [3.05, 3.63) is 58.4 Å². The van der Waals surface area contributed by atoms with E-state index in [9.17, 15) is 9.59 Å². The number of fused-ring (bicyclic) bond motifs is 2. The van der Waals surface area contributed by atoms with E-state index in [1.807, 2.05) is 25.1 Å². The number of carbonyl (C=O) groups is 1. The molecule has 0 aliphatic carbocycles. The van der Waals surface area contributed by atoms with Crippen LogP contribution < -0.4 is 20.2 Å². The number of amides is 1. The number of thiazole rings is 1. The molecule has 142 valence electrons. The van der Waals surface area contributed by atoms with E-state index in [0.717, 1.165) is 4.70 Å². The normalized spacial score (nSPS) is 10.9. The van der Waals surface area contributed by atoms with Crippen LogP contribution in [0.2, 0.25) is 0 Å². The number of anilines is 1. The number of para-hydroxylation sites is 2. The molecule has 28 heavy (non-hydrogen) atoms. The molecular weight excluding hydrogens is 378 g/mol. The van der Waals surface area contributed by atoms with Crippen LogP contribution in [0.5, 0.6) is 11.5 Å². The fraction of sp³-hybridized carbons (Fsp3) is 0.150. The second kappa shape index (κ2) is 7.32. The molecule has 8 heteroatoms. The second-order valence-electron chi connectivity index (χ2n) is 5.92. The van der Waals surface area contributed by atoms with E-state index in [4.69, 9.17) is 9.47 Å². The van der Waals surface area contributed by atoms with Crippen molar-refractivity contribution in [3.63, 3.8) is 0 Å². The van der Waals surface area contributed by atoms with Gasteiger partial charge in [-0.15, -0.1) is 0 Å². The number of ether oxygens (including phenoxy) is 2. The molecule has 7 nitrogen and oxygen atoms in total. The Kier molecular flexibility index (Phi) is 4.70. The lowest BCUT2D eigenvalue weighted by Crippen LogP contribution is -2.22. The molecule has 0 spiro atoms. The highest BCUT2D eigenvalue weighted by molar-refractivity contribution is 7.22. The first-order valence-corrected chi connectivity index (χ1v) is 9.46. The predicted octanol–water partition coefficient (Wildman–Crippen LogP) is 3.80. The minimum absolute atomic E-state index is 0.00467. The molecule has 4 aromatic rings. The van der Waals surface area contributed by atoms with Crippen LogP contribution >= 0.6 is 11.3 Å². The van der Waals surface area contributed by atoms with E-state index in [1.54, 1.807) is 18.2 Å². The summed E-state index contributed by atoms with van der Waals surface area (Å²) in [6.07, 6.45) is 1.39. The minimum Gasteiger partial charge on any atom is -0.495 e. The molecule has 0 radical (unpaired) electrons. The van der Waals surface area contributed by atoms with Gasteiger partial charge in [0.05, 0.1) is 29.3 Å². The number of methoxy groups -OCH3 is 1. The number of aromatic nitrogens is 2. The molecule has 4 rings (SSSR count). The van der Waals surface area contributed by atoms with Gasteiger partial charge in [0, 0.05) is 6.20 Å². The van der Waals surface area contributed by atoms with Crippen LogP contribution in [0.3, 0.4) is 0 Å². The molecule has 0 unspecified atom stereocenters. The summed E-state index contributed by atoms with van der Waals surface area (Å²) in [5.41, 5.74) is 0.862. The van der Waals surface area contributed by atoms with Gasteiger partial charge in [0.25, 0.3) is 5.91 Å². The van der Waals surface area contributed by atoms with Crippen LogP contribution in [0, 0.1) is 0 Å². The molecule has 0 bridgehead atoms. The van der Waals surface area contributed by atoms with Crippen molar-refractivity contribution in [3.8, 4) is 11.5 Å². The summed E-state index contributed by atoms with van der Waals surface area (Å²) in [6, 6.07) is 10.7. The summed E-state index contributed by atoms with van der Waals surface area (Å²) in [7, 11) is 1.53. The fourth-order valence-electron chi connectivity index (χ4n) is 2.98. The maximum Gasteiger partial charge on any atom is 0.262 e. The average Bonchev–Trinajstić information content (AvgIpc) is 3.11. The van der Waals surface area contributed by atoms with E-state index in [-0.39, 0.29) is 11.0 Å². The van der Waals surface area contributed by atoms with E-state index < -0.39 is 5.91 Å². The number of nitrogens with one attached hydrogen (secondary N) is 2.